The van der Waals surface area contributed by atoms with Gasteiger partial charge in [0.15, 0.2) is 9.84 Å². The van der Waals surface area contributed by atoms with E-state index in [1.165, 1.54) is 7.11 Å². The third-order valence-corrected chi connectivity index (χ3v) is 6.63. The Kier molecular flexibility index (Phi) is 4.00. The minimum Gasteiger partial charge on any atom is -0.468 e. The number of methoxy groups -OCH3 is 1. The Morgan fingerprint density at radius 2 is 1.90 bits per heavy atom. The van der Waals surface area contributed by atoms with E-state index in [4.69, 9.17) is 4.74 Å². The fourth-order valence-electron chi connectivity index (χ4n) is 3.61. The van der Waals surface area contributed by atoms with Crippen molar-refractivity contribution in [3.8, 4) is 0 Å². The largest absolute Gasteiger partial charge is 0.468 e. The molecular formula is C14H24N2O4S. The molecule has 1 saturated heterocycles. The first-order valence-electron chi connectivity index (χ1n) is 7.75. The Balaban J connectivity index is 1.66. The zero-order chi connectivity index (χ0) is 15.1. The molecule has 2 aliphatic carbocycles. The van der Waals surface area contributed by atoms with Crippen molar-refractivity contribution in [2.75, 3.05) is 31.7 Å². The van der Waals surface area contributed by atoms with Gasteiger partial charge in [-0.3, -0.25) is 15.0 Å². The number of rotatable bonds is 4. The molecule has 3 aliphatic rings. The van der Waals surface area contributed by atoms with Crippen molar-refractivity contribution in [3.63, 3.8) is 0 Å². The van der Waals surface area contributed by atoms with Crippen LogP contribution in [0.15, 0.2) is 0 Å². The molecule has 6 nitrogen and oxygen atoms in total. The molecule has 3 rings (SSSR count). The van der Waals surface area contributed by atoms with Gasteiger partial charge in [-0.1, -0.05) is 0 Å². The Morgan fingerprint density at radius 3 is 2.48 bits per heavy atom. The van der Waals surface area contributed by atoms with Gasteiger partial charge in [0, 0.05) is 25.2 Å². The first kappa shape index (κ1) is 15.2. The van der Waals surface area contributed by atoms with Crippen LogP contribution in [0.5, 0.6) is 0 Å². The highest BCUT2D eigenvalue weighted by Crippen LogP contribution is 2.37. The predicted octanol–water partition coefficient (Wildman–Crippen LogP) is -0.0669. The molecule has 120 valence electrons. The van der Waals surface area contributed by atoms with Crippen LogP contribution in [0.3, 0.4) is 0 Å². The van der Waals surface area contributed by atoms with Gasteiger partial charge in [0.1, 0.15) is 5.54 Å². The molecule has 2 saturated carbocycles. The van der Waals surface area contributed by atoms with E-state index in [2.05, 4.69) is 10.2 Å². The number of carbonyl (C=O) groups excluding carboxylic acids is 1. The van der Waals surface area contributed by atoms with Gasteiger partial charge >= 0.3 is 5.97 Å². The molecule has 2 atom stereocenters. The van der Waals surface area contributed by atoms with E-state index < -0.39 is 15.4 Å². The molecule has 0 spiro atoms. The summed E-state index contributed by atoms with van der Waals surface area (Å²) in [5, 5.41) is 3.48. The molecule has 0 aromatic heterocycles. The normalized spacial score (nSPS) is 36.5. The number of nitrogens with one attached hydrogen (secondary N) is 1. The highest BCUT2D eigenvalue weighted by atomic mass is 32.2. The predicted molar refractivity (Wildman–Crippen MR) is 78.8 cm³/mol. The van der Waals surface area contributed by atoms with E-state index in [1.807, 2.05) is 0 Å². The summed E-state index contributed by atoms with van der Waals surface area (Å²) in [6.45, 7) is 1.18. The lowest BCUT2D eigenvalue weighted by atomic mass is 9.97. The average Bonchev–Trinajstić information content (AvgIpc) is 3.15. The lowest BCUT2D eigenvalue weighted by Gasteiger charge is -2.34. The quantitative estimate of drug-likeness (QED) is 0.732. The molecule has 7 heteroatoms. The summed E-state index contributed by atoms with van der Waals surface area (Å²) < 4.78 is 28.1. The second kappa shape index (κ2) is 5.52. The van der Waals surface area contributed by atoms with Gasteiger partial charge in [0.2, 0.25) is 0 Å². The summed E-state index contributed by atoms with van der Waals surface area (Å²) in [7, 11) is -1.41. The molecule has 2 unspecified atom stereocenters. The Labute approximate surface area is 126 Å². The number of ether oxygens (including phenoxy) is 1. The van der Waals surface area contributed by atoms with Gasteiger partial charge in [0.25, 0.3) is 0 Å². The molecule has 0 aromatic carbocycles. The first-order chi connectivity index (χ1) is 9.94. The van der Waals surface area contributed by atoms with E-state index in [9.17, 15) is 13.2 Å². The summed E-state index contributed by atoms with van der Waals surface area (Å²) in [5.74, 6) is 0.316. The lowest BCUT2D eigenvalue weighted by molar-refractivity contribution is -0.148. The van der Waals surface area contributed by atoms with Crippen LogP contribution in [0.25, 0.3) is 0 Å². The minimum atomic E-state index is -2.85. The first-order valence-corrected chi connectivity index (χ1v) is 9.57. The maximum atomic E-state index is 12.2. The Bertz CT molecular complexity index is 503. The van der Waals surface area contributed by atoms with Gasteiger partial charge in [-0.2, -0.15) is 0 Å². The van der Waals surface area contributed by atoms with Crippen LogP contribution in [0.1, 0.15) is 32.1 Å². The van der Waals surface area contributed by atoms with Crippen molar-refractivity contribution < 1.29 is 17.9 Å². The molecular weight excluding hydrogens is 292 g/mol. The van der Waals surface area contributed by atoms with Gasteiger partial charge in [-0.05, 0) is 32.1 Å². The van der Waals surface area contributed by atoms with Gasteiger partial charge in [0.05, 0.1) is 18.6 Å². The topological polar surface area (TPSA) is 75.7 Å². The van der Waals surface area contributed by atoms with E-state index in [0.717, 1.165) is 32.1 Å². The lowest BCUT2D eigenvalue weighted by Crippen LogP contribution is -2.53. The van der Waals surface area contributed by atoms with Crippen LogP contribution >= 0.6 is 0 Å². The third-order valence-electron chi connectivity index (χ3n) is 5.02. The molecule has 1 heterocycles. The van der Waals surface area contributed by atoms with Crippen molar-refractivity contribution in [3.05, 3.63) is 0 Å². The van der Waals surface area contributed by atoms with Crippen molar-refractivity contribution in [2.45, 2.75) is 49.7 Å². The summed E-state index contributed by atoms with van der Waals surface area (Å²) in [6.07, 6.45) is 4.70. The fourth-order valence-corrected chi connectivity index (χ4v) is 4.84. The number of esters is 1. The van der Waals surface area contributed by atoms with Crippen LogP contribution in [0.4, 0.5) is 0 Å². The van der Waals surface area contributed by atoms with Gasteiger partial charge in [-0.15, -0.1) is 0 Å². The highest BCUT2D eigenvalue weighted by molar-refractivity contribution is 7.91. The fraction of sp³-hybridized carbons (Fsp3) is 0.929. The van der Waals surface area contributed by atoms with Crippen molar-refractivity contribution >= 4 is 15.8 Å². The van der Waals surface area contributed by atoms with Crippen LogP contribution in [0, 0.1) is 0 Å². The summed E-state index contributed by atoms with van der Waals surface area (Å²) in [6, 6.07) is 0.732. The average molecular weight is 316 g/mol. The molecule has 0 amide bonds. The molecule has 1 N–H and O–H groups in total. The number of carbonyl (C=O) groups is 1. The van der Waals surface area contributed by atoms with Crippen molar-refractivity contribution in [1.29, 1.82) is 0 Å². The number of nitrogens with zero attached hydrogens (tertiary/aromatic N) is 1. The van der Waals surface area contributed by atoms with Crippen molar-refractivity contribution in [1.82, 2.24) is 10.2 Å². The SMILES string of the molecule is COC(=O)C1(NC2CC2)CCC(N2CCS(=O)(=O)CC2)C1. The molecule has 21 heavy (non-hydrogen) atoms. The van der Waals surface area contributed by atoms with E-state index in [1.54, 1.807) is 0 Å². The van der Waals surface area contributed by atoms with Crippen molar-refractivity contribution in [2.24, 2.45) is 0 Å². The molecule has 0 bridgehead atoms. The summed E-state index contributed by atoms with van der Waals surface area (Å²) in [4.78, 5) is 14.5. The smallest absolute Gasteiger partial charge is 0.326 e. The van der Waals surface area contributed by atoms with Crippen LogP contribution in [-0.4, -0.2) is 68.6 Å². The zero-order valence-corrected chi connectivity index (χ0v) is 13.3. The Hall–Kier alpha value is -0.660. The standard InChI is InChI=1S/C14H24N2O4S/c1-20-13(17)14(15-11-2-3-11)5-4-12(10-14)16-6-8-21(18,19)9-7-16/h11-12,15H,2-10H2,1H3. The van der Waals surface area contributed by atoms with E-state index in [0.29, 0.717) is 19.1 Å². The van der Waals surface area contributed by atoms with Gasteiger partial charge < -0.3 is 4.74 Å². The second-order valence-electron chi connectivity index (χ2n) is 6.58. The number of sulfone groups is 1. The van der Waals surface area contributed by atoms with Gasteiger partial charge in [-0.25, -0.2) is 8.42 Å². The zero-order valence-electron chi connectivity index (χ0n) is 12.5. The summed E-state index contributed by atoms with van der Waals surface area (Å²) in [5.41, 5.74) is -0.559. The molecule has 0 radical (unpaired) electrons. The maximum Gasteiger partial charge on any atom is 0.326 e. The second-order valence-corrected chi connectivity index (χ2v) is 8.88. The van der Waals surface area contributed by atoms with Crippen LogP contribution in [-0.2, 0) is 19.4 Å². The molecule has 0 aromatic rings. The van der Waals surface area contributed by atoms with E-state index >= 15 is 0 Å². The molecule has 3 fully saturated rings. The molecule has 1 aliphatic heterocycles. The Morgan fingerprint density at radius 1 is 1.24 bits per heavy atom. The maximum absolute atomic E-state index is 12.2. The van der Waals surface area contributed by atoms with Crippen LogP contribution in [0.2, 0.25) is 0 Å². The summed E-state index contributed by atoms with van der Waals surface area (Å²) >= 11 is 0. The third kappa shape index (κ3) is 3.24. The number of hydrogen-bond acceptors (Lipinski definition) is 6. The number of hydrogen-bond donors (Lipinski definition) is 1. The van der Waals surface area contributed by atoms with Crippen LogP contribution < -0.4 is 5.32 Å². The monoisotopic (exact) mass is 316 g/mol. The minimum absolute atomic E-state index is 0.165. The highest BCUT2D eigenvalue weighted by Gasteiger charge is 2.50. The van der Waals surface area contributed by atoms with E-state index in [-0.39, 0.29) is 23.5 Å².